The number of hydrogen-bond donors (Lipinski definition) is 1. The van der Waals surface area contributed by atoms with Gasteiger partial charge >= 0.3 is 0 Å². The Labute approximate surface area is 74.4 Å². The van der Waals surface area contributed by atoms with Crippen molar-refractivity contribution in [3.05, 3.63) is 29.8 Å². The monoisotopic (exact) mass is 161 g/mol. The van der Waals surface area contributed by atoms with Gasteiger partial charge < -0.3 is 5.32 Å². The largest absolute Gasteiger partial charge is 0.323 e. The minimum absolute atomic E-state index is 0.657. The Balaban J connectivity index is 0.000000354. The molecular weight excluding hydrogens is 149 g/mol. The van der Waals surface area contributed by atoms with E-state index in [1.807, 2.05) is 14.1 Å². The lowest BCUT2D eigenvalue weighted by Crippen LogP contribution is -1.99. The predicted octanol–water partition coefficient (Wildman–Crippen LogP) is 0.128. The van der Waals surface area contributed by atoms with Crippen molar-refractivity contribution in [2.45, 2.75) is 0 Å². The van der Waals surface area contributed by atoms with Gasteiger partial charge in [0.1, 0.15) is 14.1 Å². The van der Waals surface area contributed by atoms with Crippen molar-refractivity contribution >= 4 is 19.6 Å². The topological polar surface area (TPSA) is 29.1 Å². The summed E-state index contributed by atoms with van der Waals surface area (Å²) in [5.74, 6) is 0. The second-order valence-corrected chi connectivity index (χ2v) is 2.28. The molecule has 0 unspecified atom stereocenters. The molecule has 3 heteroatoms. The third-order valence-electron chi connectivity index (χ3n) is 1.07. The average Bonchev–Trinajstić information content (AvgIpc) is 2.07. The molecule has 0 heterocycles. The molecule has 0 fully saturated rings. The van der Waals surface area contributed by atoms with Crippen LogP contribution in [0.15, 0.2) is 24.3 Å². The molecule has 0 aliphatic rings. The molecule has 2 radical (unpaired) electrons. The number of aldehydes is 1. The van der Waals surface area contributed by atoms with Crippen LogP contribution in [0.2, 0.25) is 0 Å². The fourth-order valence-electron chi connectivity index (χ4n) is 0.575. The zero-order valence-electron chi connectivity index (χ0n) is 7.37. The average molecular weight is 161 g/mol. The summed E-state index contributed by atoms with van der Waals surface area (Å²) in [6.45, 7) is 0. The third kappa shape index (κ3) is 4.69. The van der Waals surface area contributed by atoms with E-state index in [0.29, 0.717) is 11.0 Å². The maximum atomic E-state index is 10.1. The Hall–Kier alpha value is -1.09. The van der Waals surface area contributed by atoms with Gasteiger partial charge in [-0.2, -0.15) is 0 Å². The highest BCUT2D eigenvalue weighted by Gasteiger charge is 1.84. The molecule has 0 amide bonds. The highest BCUT2D eigenvalue weighted by molar-refractivity contribution is 6.32. The smallest absolute Gasteiger partial charge is 0.150 e. The predicted molar refractivity (Wildman–Crippen MR) is 52.2 cm³/mol. The Morgan fingerprint density at radius 1 is 1.25 bits per heavy atom. The van der Waals surface area contributed by atoms with Crippen molar-refractivity contribution in [2.24, 2.45) is 0 Å². The maximum absolute atomic E-state index is 10.1. The quantitative estimate of drug-likeness (QED) is 0.468. The fourth-order valence-corrected chi connectivity index (χ4v) is 0.575. The Morgan fingerprint density at radius 2 is 1.67 bits per heavy atom. The zero-order valence-corrected chi connectivity index (χ0v) is 7.37. The van der Waals surface area contributed by atoms with Crippen LogP contribution in [0.4, 0.5) is 0 Å². The number of nitrogens with one attached hydrogen (secondary N) is 1. The van der Waals surface area contributed by atoms with E-state index in [-0.39, 0.29) is 0 Å². The van der Waals surface area contributed by atoms with Gasteiger partial charge in [-0.05, 0) is 14.1 Å². The first-order valence-electron chi connectivity index (χ1n) is 3.63. The minimum Gasteiger partial charge on any atom is -0.323 e. The molecule has 0 aliphatic carbocycles. The maximum Gasteiger partial charge on any atom is 0.150 e. The summed E-state index contributed by atoms with van der Waals surface area (Å²) in [5.41, 5.74) is 1.34. The first-order valence-corrected chi connectivity index (χ1v) is 3.63. The number of rotatable bonds is 1. The van der Waals surface area contributed by atoms with Gasteiger partial charge in [0.2, 0.25) is 0 Å². The van der Waals surface area contributed by atoms with Crippen LogP contribution in [0.1, 0.15) is 10.4 Å². The van der Waals surface area contributed by atoms with E-state index in [0.717, 1.165) is 6.29 Å². The van der Waals surface area contributed by atoms with E-state index in [4.69, 9.17) is 7.85 Å². The first-order chi connectivity index (χ1) is 5.74. The van der Waals surface area contributed by atoms with E-state index in [9.17, 15) is 4.79 Å². The van der Waals surface area contributed by atoms with E-state index in [2.05, 4.69) is 5.32 Å². The van der Waals surface area contributed by atoms with Crippen LogP contribution in [-0.2, 0) is 0 Å². The Kier molecular flexibility index (Phi) is 6.02. The zero-order chi connectivity index (χ0) is 9.40. The molecule has 0 spiro atoms. The van der Waals surface area contributed by atoms with Gasteiger partial charge in [0, 0.05) is 5.56 Å². The van der Waals surface area contributed by atoms with Crippen LogP contribution in [0.25, 0.3) is 0 Å². The summed E-state index contributed by atoms with van der Waals surface area (Å²) < 4.78 is 0. The van der Waals surface area contributed by atoms with E-state index < -0.39 is 0 Å². The summed E-state index contributed by atoms with van der Waals surface area (Å²) in [6.07, 6.45) is 0.791. The lowest BCUT2D eigenvalue weighted by atomic mass is 9.96. The van der Waals surface area contributed by atoms with Gasteiger partial charge in [-0.1, -0.05) is 29.7 Å². The van der Waals surface area contributed by atoms with Crippen molar-refractivity contribution in [3.8, 4) is 0 Å². The fraction of sp³-hybridized carbons (Fsp3) is 0.222. The molecule has 0 aromatic heterocycles. The molecule has 1 N–H and O–H groups in total. The number of carbonyl (C=O) groups excluding carboxylic acids is 1. The minimum atomic E-state index is 0.657. The lowest BCUT2D eigenvalue weighted by Gasteiger charge is -1.89. The molecule has 1 rings (SSSR count). The SMILES string of the molecule is CNC.[B]c1ccc(C=O)cc1. The van der Waals surface area contributed by atoms with E-state index >= 15 is 0 Å². The van der Waals surface area contributed by atoms with Crippen molar-refractivity contribution in [1.29, 1.82) is 0 Å². The van der Waals surface area contributed by atoms with Gasteiger partial charge in [-0.15, -0.1) is 0 Å². The summed E-state index contributed by atoms with van der Waals surface area (Å²) in [7, 11) is 9.12. The van der Waals surface area contributed by atoms with Crippen molar-refractivity contribution in [1.82, 2.24) is 5.32 Å². The third-order valence-corrected chi connectivity index (χ3v) is 1.07. The molecule has 62 valence electrons. The lowest BCUT2D eigenvalue weighted by molar-refractivity contribution is 0.112. The second kappa shape index (κ2) is 6.61. The summed E-state index contributed by atoms with van der Waals surface area (Å²) in [5, 5.41) is 2.75. The van der Waals surface area contributed by atoms with Gasteiger partial charge in [-0.25, -0.2) is 0 Å². The molecule has 1 aromatic carbocycles. The van der Waals surface area contributed by atoms with Crippen molar-refractivity contribution in [2.75, 3.05) is 14.1 Å². The van der Waals surface area contributed by atoms with E-state index in [1.54, 1.807) is 24.3 Å². The molecule has 0 atom stereocenters. The molecular formula is C9H12BNO. The van der Waals surface area contributed by atoms with Crippen LogP contribution in [0, 0.1) is 0 Å². The van der Waals surface area contributed by atoms with Gasteiger partial charge in [0.25, 0.3) is 0 Å². The number of carbonyl (C=O) groups is 1. The molecule has 12 heavy (non-hydrogen) atoms. The highest BCUT2D eigenvalue weighted by atomic mass is 16.1. The molecule has 0 bridgehead atoms. The molecule has 2 nitrogen and oxygen atoms in total. The van der Waals surface area contributed by atoms with Crippen LogP contribution in [0.5, 0.6) is 0 Å². The van der Waals surface area contributed by atoms with Gasteiger partial charge in [0.15, 0.2) is 0 Å². The molecule has 0 saturated carbocycles. The van der Waals surface area contributed by atoms with Crippen LogP contribution in [0.3, 0.4) is 0 Å². The molecule has 1 aromatic rings. The number of hydrogen-bond acceptors (Lipinski definition) is 2. The van der Waals surface area contributed by atoms with Gasteiger partial charge in [0.05, 0.1) is 0 Å². The Bertz CT molecular complexity index is 220. The van der Waals surface area contributed by atoms with Crippen LogP contribution >= 0.6 is 0 Å². The summed E-state index contributed by atoms with van der Waals surface area (Å²) in [6, 6.07) is 6.76. The standard InChI is InChI=1S/C7H5BO.C2H7N/c8-7-3-1-6(5-9)2-4-7;1-3-2/h1-5H;3H,1-2H3. The normalized spacial score (nSPS) is 8.17. The summed E-state index contributed by atoms with van der Waals surface area (Å²) >= 11 is 0. The van der Waals surface area contributed by atoms with Crippen molar-refractivity contribution < 1.29 is 4.79 Å². The van der Waals surface area contributed by atoms with Crippen LogP contribution < -0.4 is 10.8 Å². The Morgan fingerprint density at radius 3 is 2.00 bits per heavy atom. The van der Waals surface area contributed by atoms with E-state index in [1.165, 1.54) is 0 Å². The molecule has 0 aliphatic heterocycles. The van der Waals surface area contributed by atoms with Crippen molar-refractivity contribution in [3.63, 3.8) is 0 Å². The first kappa shape index (κ1) is 10.9. The number of benzene rings is 1. The highest BCUT2D eigenvalue weighted by Crippen LogP contribution is 1.89. The van der Waals surface area contributed by atoms with Gasteiger partial charge in [-0.3, -0.25) is 4.79 Å². The summed E-state index contributed by atoms with van der Waals surface area (Å²) in [4.78, 5) is 10.1. The van der Waals surface area contributed by atoms with Crippen LogP contribution in [-0.4, -0.2) is 28.2 Å². The second-order valence-electron chi connectivity index (χ2n) is 2.28. The molecule has 0 saturated heterocycles.